The minimum absolute atomic E-state index is 0.0812. The van der Waals surface area contributed by atoms with E-state index in [0.29, 0.717) is 18.7 Å². The molecule has 186 valence electrons. The Bertz CT molecular complexity index is 970. The molecule has 3 amide bonds. The van der Waals surface area contributed by atoms with Crippen LogP contribution in [-0.4, -0.2) is 68.6 Å². The fourth-order valence-electron chi connectivity index (χ4n) is 6.01. The largest absolute Gasteiger partial charge is 0.494 e. The summed E-state index contributed by atoms with van der Waals surface area (Å²) in [6.45, 7) is 9.78. The van der Waals surface area contributed by atoms with Crippen LogP contribution in [-0.2, 0) is 14.4 Å². The second-order valence-electron chi connectivity index (χ2n) is 10.1. The molecule has 9 heteroatoms. The highest BCUT2D eigenvalue weighted by atomic mass is 32.2. The first kappa shape index (κ1) is 24.9. The molecule has 3 aliphatic heterocycles. The van der Waals surface area contributed by atoms with Gasteiger partial charge in [-0.15, -0.1) is 11.8 Å². The second-order valence-corrected chi connectivity index (χ2v) is 12.0. The molecule has 0 radical (unpaired) electrons. The van der Waals surface area contributed by atoms with E-state index < -0.39 is 33.4 Å². The molecule has 1 spiro atoms. The van der Waals surface area contributed by atoms with E-state index >= 15 is 0 Å². The van der Waals surface area contributed by atoms with Crippen molar-refractivity contribution in [3.63, 3.8) is 0 Å². The van der Waals surface area contributed by atoms with Crippen LogP contribution < -0.4 is 15.4 Å². The number of aliphatic hydroxyl groups excluding tert-OH is 1. The molecule has 0 aromatic heterocycles. The van der Waals surface area contributed by atoms with Gasteiger partial charge in [0, 0.05) is 16.5 Å². The number of likely N-dealkylation sites (tertiary alicyclic amines) is 1. The molecule has 1 aromatic rings. The Balaban J connectivity index is 1.67. The predicted octanol–water partition coefficient (Wildman–Crippen LogP) is 2.41. The van der Waals surface area contributed by atoms with E-state index in [0.717, 1.165) is 12.2 Å². The average Bonchev–Trinajstić information content (AvgIpc) is 3.35. The van der Waals surface area contributed by atoms with Crippen LogP contribution in [0.25, 0.3) is 0 Å². The van der Waals surface area contributed by atoms with Gasteiger partial charge < -0.3 is 25.4 Å². The molecule has 34 heavy (non-hydrogen) atoms. The standard InChI is InChI=1S/C25H35N3O5S/c1-6-33-17-9-7-16(8-10-17)27-21(30)18-19-23(32)28(15(4)13-29)20(22(31)26-14(2)3)25(19)12-11-24(18,5)34-25/h7-10,14-15,18-20,29H,6,11-13H2,1-5H3,(H,26,31)(H,27,30)/t15-,18+,19+,20?,24-,25?/m1/s1. The Morgan fingerprint density at radius 1 is 1.21 bits per heavy atom. The predicted molar refractivity (Wildman–Crippen MR) is 132 cm³/mol. The van der Waals surface area contributed by atoms with Crippen LogP contribution in [0.1, 0.15) is 47.5 Å². The van der Waals surface area contributed by atoms with Crippen LogP contribution in [0.4, 0.5) is 5.69 Å². The van der Waals surface area contributed by atoms with Crippen molar-refractivity contribution in [2.45, 2.75) is 75.1 Å². The van der Waals surface area contributed by atoms with Crippen molar-refractivity contribution in [1.29, 1.82) is 0 Å². The molecule has 2 unspecified atom stereocenters. The zero-order valence-corrected chi connectivity index (χ0v) is 21.3. The summed E-state index contributed by atoms with van der Waals surface area (Å²) in [7, 11) is 0. The molecule has 1 aromatic carbocycles. The third kappa shape index (κ3) is 3.86. The van der Waals surface area contributed by atoms with Crippen molar-refractivity contribution in [1.82, 2.24) is 10.2 Å². The molecular formula is C25H35N3O5S. The van der Waals surface area contributed by atoms with Crippen molar-refractivity contribution >= 4 is 35.2 Å². The molecular weight excluding hydrogens is 454 g/mol. The Labute approximate surface area is 205 Å². The summed E-state index contributed by atoms with van der Waals surface area (Å²) < 4.78 is 4.34. The lowest BCUT2D eigenvalue weighted by atomic mass is 9.66. The van der Waals surface area contributed by atoms with E-state index in [2.05, 4.69) is 10.6 Å². The Morgan fingerprint density at radius 2 is 1.88 bits per heavy atom. The number of rotatable bonds is 8. The fraction of sp³-hybridized carbons (Fsp3) is 0.640. The summed E-state index contributed by atoms with van der Waals surface area (Å²) in [5, 5.41) is 15.9. The maximum Gasteiger partial charge on any atom is 0.244 e. The molecule has 0 saturated carbocycles. The number of carbonyl (C=O) groups excluding carboxylic acids is 3. The molecule has 0 aliphatic carbocycles. The van der Waals surface area contributed by atoms with E-state index in [1.807, 2.05) is 27.7 Å². The lowest BCUT2D eigenvalue weighted by molar-refractivity contribution is -0.142. The van der Waals surface area contributed by atoms with Gasteiger partial charge in [-0.1, -0.05) is 0 Å². The van der Waals surface area contributed by atoms with Crippen LogP contribution in [0.5, 0.6) is 5.75 Å². The summed E-state index contributed by atoms with van der Waals surface area (Å²) in [5.74, 6) is -1.10. The van der Waals surface area contributed by atoms with E-state index in [9.17, 15) is 19.5 Å². The molecule has 3 N–H and O–H groups in total. The summed E-state index contributed by atoms with van der Waals surface area (Å²) in [6, 6.07) is 5.86. The Hall–Kier alpha value is -2.26. The number of benzene rings is 1. The van der Waals surface area contributed by atoms with Gasteiger partial charge in [0.05, 0.1) is 35.8 Å². The quantitative estimate of drug-likeness (QED) is 0.518. The molecule has 3 saturated heterocycles. The zero-order valence-electron chi connectivity index (χ0n) is 20.5. The lowest BCUT2D eigenvalue weighted by Gasteiger charge is -2.36. The van der Waals surface area contributed by atoms with Crippen LogP contribution in [0.2, 0.25) is 0 Å². The second kappa shape index (κ2) is 9.07. The Kier molecular flexibility index (Phi) is 6.63. The summed E-state index contributed by atoms with van der Waals surface area (Å²) >= 11 is 1.62. The van der Waals surface area contributed by atoms with Crippen molar-refractivity contribution < 1.29 is 24.2 Å². The topological polar surface area (TPSA) is 108 Å². The summed E-state index contributed by atoms with van der Waals surface area (Å²) in [5.41, 5.74) is 0.638. The minimum Gasteiger partial charge on any atom is -0.494 e. The number of anilines is 1. The smallest absolute Gasteiger partial charge is 0.244 e. The van der Waals surface area contributed by atoms with Gasteiger partial charge in [-0.05, 0) is 71.7 Å². The number of ether oxygens (including phenoxy) is 1. The highest BCUT2D eigenvalue weighted by Gasteiger charge is 2.77. The van der Waals surface area contributed by atoms with Gasteiger partial charge in [0.15, 0.2) is 0 Å². The highest BCUT2D eigenvalue weighted by Crippen LogP contribution is 2.71. The SMILES string of the molecule is CCOc1ccc(NC(=O)[C@@H]2[C@H]3C(=O)N([C@H](C)CO)C(C(=O)NC(C)C)C34CC[C@@]2(C)S4)cc1. The van der Waals surface area contributed by atoms with Crippen LogP contribution in [0.3, 0.4) is 0 Å². The normalized spacial score (nSPS) is 32.6. The minimum atomic E-state index is -0.718. The first-order valence-corrected chi connectivity index (χ1v) is 12.9. The van der Waals surface area contributed by atoms with Crippen molar-refractivity contribution in [2.75, 3.05) is 18.5 Å². The van der Waals surface area contributed by atoms with E-state index in [1.165, 1.54) is 4.90 Å². The number of hydrogen-bond acceptors (Lipinski definition) is 6. The molecule has 3 fully saturated rings. The van der Waals surface area contributed by atoms with Crippen molar-refractivity contribution in [3.8, 4) is 5.75 Å². The first-order valence-electron chi connectivity index (χ1n) is 12.0. The zero-order chi connectivity index (χ0) is 24.8. The van der Waals surface area contributed by atoms with E-state index in [4.69, 9.17) is 4.74 Å². The first-order chi connectivity index (χ1) is 16.1. The maximum absolute atomic E-state index is 13.8. The summed E-state index contributed by atoms with van der Waals surface area (Å²) in [4.78, 5) is 42.4. The maximum atomic E-state index is 13.8. The molecule has 3 aliphatic rings. The molecule has 8 nitrogen and oxygen atoms in total. The third-order valence-corrected chi connectivity index (χ3v) is 9.33. The van der Waals surface area contributed by atoms with Gasteiger partial charge >= 0.3 is 0 Å². The number of carbonyl (C=O) groups is 3. The van der Waals surface area contributed by atoms with Crippen LogP contribution in [0, 0.1) is 11.8 Å². The number of aliphatic hydroxyl groups is 1. The van der Waals surface area contributed by atoms with E-state index in [1.54, 1.807) is 43.0 Å². The van der Waals surface area contributed by atoms with Gasteiger partial charge in [0.1, 0.15) is 11.8 Å². The summed E-state index contributed by atoms with van der Waals surface area (Å²) in [6.07, 6.45) is 1.43. The number of thioether (sulfide) groups is 1. The fourth-order valence-corrected chi connectivity index (χ4v) is 8.35. The highest BCUT2D eigenvalue weighted by molar-refractivity contribution is 8.02. The average molecular weight is 490 g/mol. The number of fused-ring (bicyclic) bond motifs is 1. The van der Waals surface area contributed by atoms with Gasteiger partial charge in [0.2, 0.25) is 17.7 Å². The molecule has 4 rings (SSSR count). The van der Waals surface area contributed by atoms with Gasteiger partial charge in [-0.25, -0.2) is 0 Å². The van der Waals surface area contributed by atoms with Crippen molar-refractivity contribution in [2.24, 2.45) is 11.8 Å². The number of nitrogens with one attached hydrogen (secondary N) is 2. The lowest BCUT2D eigenvalue weighted by Crippen LogP contribution is -2.57. The van der Waals surface area contributed by atoms with Gasteiger partial charge in [0.25, 0.3) is 0 Å². The molecule has 3 heterocycles. The van der Waals surface area contributed by atoms with Gasteiger partial charge in [-0.2, -0.15) is 0 Å². The molecule has 6 atom stereocenters. The number of amides is 3. The third-order valence-electron chi connectivity index (χ3n) is 7.35. The number of nitrogens with zero attached hydrogens (tertiary/aromatic N) is 1. The number of hydrogen-bond donors (Lipinski definition) is 3. The van der Waals surface area contributed by atoms with Crippen LogP contribution in [0.15, 0.2) is 24.3 Å². The van der Waals surface area contributed by atoms with E-state index in [-0.39, 0.29) is 30.4 Å². The van der Waals surface area contributed by atoms with Gasteiger partial charge in [-0.3, -0.25) is 14.4 Å². The van der Waals surface area contributed by atoms with Crippen molar-refractivity contribution in [3.05, 3.63) is 24.3 Å². The van der Waals surface area contributed by atoms with Crippen LogP contribution >= 0.6 is 11.8 Å². The molecule has 2 bridgehead atoms. The monoisotopic (exact) mass is 489 g/mol. The Morgan fingerprint density at radius 3 is 2.47 bits per heavy atom.